The van der Waals surface area contributed by atoms with E-state index in [0.717, 1.165) is 12.5 Å². The third-order valence-corrected chi connectivity index (χ3v) is 3.25. The predicted molar refractivity (Wildman–Crippen MR) is 68.3 cm³/mol. The normalized spacial score (nSPS) is 20.8. The van der Waals surface area contributed by atoms with Crippen molar-refractivity contribution >= 4 is 29.2 Å². The van der Waals surface area contributed by atoms with E-state index >= 15 is 0 Å². The van der Waals surface area contributed by atoms with Crippen LogP contribution in [0.1, 0.15) is 13.3 Å². The molecule has 0 bridgehead atoms. The van der Waals surface area contributed by atoms with Gasteiger partial charge in [-0.25, -0.2) is 4.39 Å². The zero-order chi connectivity index (χ0) is 14.0. The minimum absolute atomic E-state index is 0.0759. The molecule has 0 unspecified atom stereocenters. The van der Waals surface area contributed by atoms with E-state index in [4.69, 9.17) is 16.3 Å². The Kier molecular flexibility index (Phi) is 4.04. The minimum atomic E-state index is -0.561. The van der Waals surface area contributed by atoms with Crippen molar-refractivity contribution in [3.8, 4) is 0 Å². The molecule has 1 aliphatic carbocycles. The Morgan fingerprint density at radius 1 is 1.53 bits per heavy atom. The number of esters is 1. The highest BCUT2D eigenvalue weighted by Gasteiger charge is 2.40. The molecule has 0 aromatic heterocycles. The highest BCUT2D eigenvalue weighted by atomic mass is 35.5. The van der Waals surface area contributed by atoms with Crippen LogP contribution in [0.3, 0.4) is 0 Å². The Morgan fingerprint density at radius 2 is 2.21 bits per heavy atom. The van der Waals surface area contributed by atoms with E-state index in [-0.39, 0.29) is 23.5 Å². The standard InChI is InChI=1S/C13H13ClFNO3/c1-7-4-9(7)13(18)19-6-12(17)16-8-2-3-11(15)10(14)5-8/h2-3,5,7,9H,4,6H2,1H3,(H,16,17)/t7-,9-/m0/s1. The summed E-state index contributed by atoms with van der Waals surface area (Å²) in [6, 6.07) is 3.82. The van der Waals surface area contributed by atoms with Crippen LogP contribution in [0.25, 0.3) is 0 Å². The summed E-state index contributed by atoms with van der Waals surface area (Å²) in [6.07, 6.45) is 0.814. The molecule has 1 amide bonds. The molecule has 1 aromatic rings. The molecule has 0 heterocycles. The zero-order valence-corrected chi connectivity index (χ0v) is 11.0. The van der Waals surface area contributed by atoms with Gasteiger partial charge in [-0.15, -0.1) is 0 Å². The van der Waals surface area contributed by atoms with Crippen LogP contribution in [0.15, 0.2) is 18.2 Å². The van der Waals surface area contributed by atoms with Crippen molar-refractivity contribution in [1.82, 2.24) is 0 Å². The number of hydrogen-bond acceptors (Lipinski definition) is 3. The molecule has 6 heteroatoms. The third kappa shape index (κ3) is 3.67. The fourth-order valence-electron chi connectivity index (χ4n) is 1.67. The Hall–Kier alpha value is -1.62. The first-order valence-corrected chi connectivity index (χ1v) is 6.26. The molecule has 1 aromatic carbocycles. The van der Waals surface area contributed by atoms with Crippen LogP contribution in [0.4, 0.5) is 10.1 Å². The Bertz CT molecular complexity index is 521. The lowest BCUT2D eigenvalue weighted by Crippen LogP contribution is -2.21. The van der Waals surface area contributed by atoms with Crippen LogP contribution >= 0.6 is 11.6 Å². The number of carbonyl (C=O) groups excluding carboxylic acids is 2. The minimum Gasteiger partial charge on any atom is -0.455 e. The molecule has 0 spiro atoms. The maximum Gasteiger partial charge on any atom is 0.309 e. The fraction of sp³-hybridized carbons (Fsp3) is 0.385. The third-order valence-electron chi connectivity index (χ3n) is 2.96. The first kappa shape index (κ1) is 13.8. The summed E-state index contributed by atoms with van der Waals surface area (Å²) in [5.74, 6) is -1.13. The number of hydrogen-bond donors (Lipinski definition) is 1. The Morgan fingerprint density at radius 3 is 2.79 bits per heavy atom. The van der Waals surface area contributed by atoms with E-state index in [2.05, 4.69) is 5.32 Å². The van der Waals surface area contributed by atoms with Gasteiger partial charge in [0.2, 0.25) is 0 Å². The van der Waals surface area contributed by atoms with Crippen molar-refractivity contribution < 1.29 is 18.7 Å². The number of benzene rings is 1. The zero-order valence-electron chi connectivity index (χ0n) is 10.3. The second-order valence-corrected chi connectivity index (χ2v) is 5.01. The van der Waals surface area contributed by atoms with E-state index in [1.165, 1.54) is 12.1 Å². The van der Waals surface area contributed by atoms with Gasteiger partial charge in [0.05, 0.1) is 10.9 Å². The molecular weight excluding hydrogens is 273 g/mol. The van der Waals surface area contributed by atoms with Crippen LogP contribution in [0, 0.1) is 17.7 Å². The quantitative estimate of drug-likeness (QED) is 0.865. The summed E-state index contributed by atoms with van der Waals surface area (Å²) in [7, 11) is 0. The van der Waals surface area contributed by atoms with Crippen molar-refractivity contribution in [1.29, 1.82) is 0 Å². The van der Waals surface area contributed by atoms with Crippen LogP contribution in [0.5, 0.6) is 0 Å². The lowest BCUT2D eigenvalue weighted by atomic mass is 10.3. The second-order valence-electron chi connectivity index (χ2n) is 4.60. The lowest BCUT2D eigenvalue weighted by Gasteiger charge is -2.07. The van der Waals surface area contributed by atoms with Gasteiger partial charge in [-0.3, -0.25) is 9.59 Å². The van der Waals surface area contributed by atoms with Gasteiger partial charge in [0.25, 0.3) is 5.91 Å². The Balaban J connectivity index is 1.80. The van der Waals surface area contributed by atoms with Gasteiger partial charge < -0.3 is 10.1 Å². The number of rotatable bonds is 4. The molecule has 0 aliphatic heterocycles. The van der Waals surface area contributed by atoms with E-state index < -0.39 is 11.7 Å². The molecule has 2 atom stereocenters. The van der Waals surface area contributed by atoms with Gasteiger partial charge in [-0.2, -0.15) is 0 Å². The van der Waals surface area contributed by atoms with Crippen molar-refractivity contribution in [3.63, 3.8) is 0 Å². The maximum atomic E-state index is 12.9. The molecule has 0 radical (unpaired) electrons. The molecule has 1 aliphatic rings. The van der Waals surface area contributed by atoms with Crippen molar-refractivity contribution in [3.05, 3.63) is 29.0 Å². The van der Waals surface area contributed by atoms with Gasteiger partial charge in [0, 0.05) is 5.69 Å². The highest BCUT2D eigenvalue weighted by Crippen LogP contribution is 2.38. The first-order valence-electron chi connectivity index (χ1n) is 5.89. The molecule has 1 saturated carbocycles. The predicted octanol–water partition coefficient (Wildman–Crippen LogP) is 2.62. The molecular formula is C13H13ClFNO3. The monoisotopic (exact) mass is 285 g/mol. The summed E-state index contributed by atoms with van der Waals surface area (Å²) < 4.78 is 17.8. The molecule has 2 rings (SSSR count). The van der Waals surface area contributed by atoms with Gasteiger partial charge in [-0.1, -0.05) is 18.5 Å². The average Bonchev–Trinajstić information content (AvgIpc) is 3.08. The number of halogens is 2. The first-order chi connectivity index (χ1) is 8.97. The van der Waals surface area contributed by atoms with Crippen molar-refractivity contribution in [2.75, 3.05) is 11.9 Å². The fourth-order valence-corrected chi connectivity index (χ4v) is 1.85. The van der Waals surface area contributed by atoms with Crippen molar-refractivity contribution in [2.45, 2.75) is 13.3 Å². The molecule has 4 nitrogen and oxygen atoms in total. The number of anilines is 1. The van der Waals surface area contributed by atoms with E-state index in [9.17, 15) is 14.0 Å². The van der Waals surface area contributed by atoms with E-state index in [1.54, 1.807) is 0 Å². The summed E-state index contributed by atoms with van der Waals surface area (Å²) in [4.78, 5) is 22.9. The molecule has 102 valence electrons. The molecule has 0 saturated heterocycles. The van der Waals surface area contributed by atoms with E-state index in [0.29, 0.717) is 11.6 Å². The average molecular weight is 286 g/mol. The molecule has 1 N–H and O–H groups in total. The van der Waals surface area contributed by atoms with E-state index in [1.807, 2.05) is 6.92 Å². The SMILES string of the molecule is C[C@H]1C[C@@H]1C(=O)OCC(=O)Nc1ccc(F)c(Cl)c1. The van der Waals surface area contributed by atoms with Crippen LogP contribution in [-0.4, -0.2) is 18.5 Å². The maximum absolute atomic E-state index is 12.9. The van der Waals surface area contributed by atoms with Crippen LogP contribution in [-0.2, 0) is 14.3 Å². The van der Waals surface area contributed by atoms with Gasteiger partial charge in [0.1, 0.15) is 5.82 Å². The largest absolute Gasteiger partial charge is 0.455 e. The van der Waals surface area contributed by atoms with Gasteiger partial charge in [0.15, 0.2) is 6.61 Å². The highest BCUT2D eigenvalue weighted by molar-refractivity contribution is 6.31. The number of carbonyl (C=O) groups is 2. The summed E-state index contributed by atoms with van der Waals surface area (Å²) >= 11 is 5.58. The number of amides is 1. The summed E-state index contributed by atoms with van der Waals surface area (Å²) in [6.45, 7) is 1.60. The summed E-state index contributed by atoms with van der Waals surface area (Å²) in [5.41, 5.74) is 0.354. The molecule has 19 heavy (non-hydrogen) atoms. The smallest absolute Gasteiger partial charge is 0.309 e. The lowest BCUT2D eigenvalue weighted by molar-refractivity contribution is -0.148. The van der Waals surface area contributed by atoms with Crippen LogP contribution < -0.4 is 5.32 Å². The topological polar surface area (TPSA) is 55.4 Å². The molecule has 1 fully saturated rings. The van der Waals surface area contributed by atoms with Gasteiger partial charge in [-0.05, 0) is 30.5 Å². The number of ether oxygens (including phenoxy) is 1. The van der Waals surface area contributed by atoms with Gasteiger partial charge >= 0.3 is 5.97 Å². The summed E-state index contributed by atoms with van der Waals surface area (Å²) in [5, 5.41) is 2.39. The second kappa shape index (κ2) is 5.57. The number of nitrogens with one attached hydrogen (secondary N) is 1. The Labute approximate surface area is 114 Å². The van der Waals surface area contributed by atoms with Crippen LogP contribution in [0.2, 0.25) is 5.02 Å². The van der Waals surface area contributed by atoms with Crippen molar-refractivity contribution in [2.24, 2.45) is 11.8 Å².